The first-order valence-electron chi connectivity index (χ1n) is 5.22. The third-order valence-corrected chi connectivity index (χ3v) is 2.17. The van der Waals surface area contributed by atoms with Crippen molar-refractivity contribution in [1.82, 2.24) is 19.9 Å². The van der Waals surface area contributed by atoms with E-state index < -0.39 is 5.97 Å². The van der Waals surface area contributed by atoms with Crippen LogP contribution < -0.4 is 5.32 Å². The minimum atomic E-state index is -1.12. The molecule has 0 unspecified atom stereocenters. The molecule has 0 amide bonds. The summed E-state index contributed by atoms with van der Waals surface area (Å²) >= 11 is 0. The van der Waals surface area contributed by atoms with Crippen molar-refractivity contribution in [3.63, 3.8) is 0 Å². The summed E-state index contributed by atoms with van der Waals surface area (Å²) in [6, 6.07) is 0. The summed E-state index contributed by atoms with van der Waals surface area (Å²) in [5.41, 5.74) is 1.41. The first-order chi connectivity index (χ1) is 8.66. The molecular weight excluding hydrogens is 234 g/mol. The van der Waals surface area contributed by atoms with Crippen LogP contribution in [0.4, 0.5) is 5.82 Å². The van der Waals surface area contributed by atoms with Crippen LogP contribution in [0.25, 0.3) is 0 Å². The number of carboxylic acids is 1. The topological polar surface area (TPSA) is 101 Å². The van der Waals surface area contributed by atoms with Crippen LogP contribution in [0.3, 0.4) is 0 Å². The maximum Gasteiger partial charge on any atom is 0.358 e. The molecule has 0 aromatic carbocycles. The summed E-state index contributed by atoms with van der Waals surface area (Å²) < 4.78 is 0. The Morgan fingerprint density at radius 1 is 1.22 bits per heavy atom. The van der Waals surface area contributed by atoms with E-state index in [9.17, 15) is 4.79 Å². The molecule has 0 aliphatic rings. The minimum Gasteiger partial charge on any atom is -0.476 e. The molecule has 2 N–H and O–H groups in total. The number of rotatable bonds is 4. The number of aryl methyl sites for hydroxylation is 1. The molecule has 0 fully saturated rings. The predicted octanol–water partition coefficient (Wildman–Crippen LogP) is 0.885. The second-order valence-electron chi connectivity index (χ2n) is 3.56. The van der Waals surface area contributed by atoms with Crippen molar-refractivity contribution in [2.45, 2.75) is 13.5 Å². The smallest absolute Gasteiger partial charge is 0.358 e. The second kappa shape index (κ2) is 5.17. The maximum absolute atomic E-state index is 10.9. The molecule has 0 atom stereocenters. The molecule has 0 saturated carbocycles. The third-order valence-electron chi connectivity index (χ3n) is 2.17. The van der Waals surface area contributed by atoms with E-state index in [1.54, 1.807) is 12.4 Å². The Morgan fingerprint density at radius 3 is 2.67 bits per heavy atom. The molecule has 0 spiro atoms. The number of anilines is 1. The van der Waals surface area contributed by atoms with Gasteiger partial charge in [-0.15, -0.1) is 0 Å². The van der Waals surface area contributed by atoms with Crippen molar-refractivity contribution in [2.24, 2.45) is 0 Å². The lowest BCUT2D eigenvalue weighted by molar-refractivity contribution is 0.0691. The Morgan fingerprint density at radius 2 is 2.00 bits per heavy atom. The van der Waals surface area contributed by atoms with E-state index >= 15 is 0 Å². The van der Waals surface area contributed by atoms with Crippen LogP contribution in [-0.4, -0.2) is 31.0 Å². The molecule has 2 aromatic rings. The number of nitrogens with zero attached hydrogens (tertiary/aromatic N) is 4. The van der Waals surface area contributed by atoms with E-state index in [1.807, 2.05) is 6.92 Å². The molecule has 7 nitrogen and oxygen atoms in total. The highest BCUT2D eigenvalue weighted by Gasteiger charge is 2.12. The predicted molar refractivity (Wildman–Crippen MR) is 63.1 cm³/mol. The van der Waals surface area contributed by atoms with E-state index in [2.05, 4.69) is 25.3 Å². The van der Waals surface area contributed by atoms with Crippen LogP contribution in [0.15, 0.2) is 24.8 Å². The molecular formula is C11H11N5O2. The van der Waals surface area contributed by atoms with Gasteiger partial charge in [0.15, 0.2) is 11.5 Å². The van der Waals surface area contributed by atoms with Crippen LogP contribution in [0.2, 0.25) is 0 Å². The zero-order valence-corrected chi connectivity index (χ0v) is 9.66. The lowest BCUT2D eigenvalue weighted by atomic mass is 10.3. The Labute approximate surface area is 103 Å². The van der Waals surface area contributed by atoms with Gasteiger partial charge in [0.2, 0.25) is 0 Å². The summed E-state index contributed by atoms with van der Waals surface area (Å²) in [5, 5.41) is 11.8. The van der Waals surface area contributed by atoms with E-state index in [-0.39, 0.29) is 11.5 Å². The van der Waals surface area contributed by atoms with E-state index in [0.717, 1.165) is 5.69 Å². The Hall–Kier alpha value is -2.57. The highest BCUT2D eigenvalue weighted by atomic mass is 16.4. The van der Waals surface area contributed by atoms with Crippen molar-refractivity contribution in [2.75, 3.05) is 5.32 Å². The number of hydrogen-bond donors (Lipinski definition) is 2. The molecule has 92 valence electrons. The van der Waals surface area contributed by atoms with Crippen LogP contribution in [-0.2, 0) is 6.54 Å². The van der Waals surface area contributed by atoms with E-state index in [1.165, 1.54) is 12.4 Å². The molecule has 0 bridgehead atoms. The number of carboxylic acid groups (broad SMARTS) is 1. The molecule has 7 heteroatoms. The van der Waals surface area contributed by atoms with Gasteiger partial charge in [0, 0.05) is 18.6 Å². The first-order valence-corrected chi connectivity index (χ1v) is 5.22. The van der Waals surface area contributed by atoms with E-state index in [0.29, 0.717) is 12.2 Å². The van der Waals surface area contributed by atoms with Crippen LogP contribution in [0, 0.1) is 6.92 Å². The van der Waals surface area contributed by atoms with Crippen molar-refractivity contribution < 1.29 is 9.90 Å². The highest BCUT2D eigenvalue weighted by molar-refractivity contribution is 5.90. The Bertz CT molecular complexity index is 556. The highest BCUT2D eigenvalue weighted by Crippen LogP contribution is 2.09. The third kappa shape index (κ3) is 2.76. The van der Waals surface area contributed by atoms with Crippen molar-refractivity contribution in [1.29, 1.82) is 0 Å². The molecule has 0 saturated heterocycles. The van der Waals surface area contributed by atoms with Gasteiger partial charge in [0.05, 0.1) is 24.1 Å². The van der Waals surface area contributed by atoms with Gasteiger partial charge in [-0.05, 0) is 6.92 Å². The zero-order valence-electron chi connectivity index (χ0n) is 9.66. The standard InChI is InChI=1S/C11H11N5O2/c1-7-4-15-8(5-14-7)6-16-10-9(11(17)18)12-2-3-13-10/h2-5H,6H2,1H3,(H,13,16)(H,17,18). The number of nitrogens with one attached hydrogen (secondary N) is 1. The number of hydrogen-bond acceptors (Lipinski definition) is 6. The molecule has 2 rings (SSSR count). The molecule has 0 aliphatic heterocycles. The van der Waals surface area contributed by atoms with Gasteiger partial charge in [-0.3, -0.25) is 9.97 Å². The molecule has 18 heavy (non-hydrogen) atoms. The molecule has 0 aliphatic carbocycles. The van der Waals surface area contributed by atoms with Gasteiger partial charge >= 0.3 is 5.97 Å². The second-order valence-corrected chi connectivity index (χ2v) is 3.56. The lowest BCUT2D eigenvalue weighted by Crippen LogP contribution is -2.10. The fourth-order valence-electron chi connectivity index (χ4n) is 1.31. The van der Waals surface area contributed by atoms with E-state index in [4.69, 9.17) is 5.11 Å². The summed E-state index contributed by atoms with van der Waals surface area (Å²) in [4.78, 5) is 26.8. The van der Waals surface area contributed by atoms with Gasteiger partial charge in [-0.2, -0.15) is 0 Å². The Balaban J connectivity index is 2.10. The maximum atomic E-state index is 10.9. The molecule has 0 radical (unpaired) electrons. The quantitative estimate of drug-likeness (QED) is 0.824. The first kappa shape index (κ1) is 11.9. The summed E-state index contributed by atoms with van der Waals surface area (Å²) in [6.07, 6.45) is 6.03. The summed E-state index contributed by atoms with van der Waals surface area (Å²) in [7, 11) is 0. The summed E-state index contributed by atoms with van der Waals surface area (Å²) in [6.45, 7) is 2.18. The number of carbonyl (C=O) groups is 1. The van der Waals surface area contributed by atoms with Crippen molar-refractivity contribution in [3.8, 4) is 0 Å². The average Bonchev–Trinajstić information content (AvgIpc) is 2.38. The number of aromatic nitrogens is 4. The van der Waals surface area contributed by atoms with Crippen LogP contribution >= 0.6 is 0 Å². The van der Waals surface area contributed by atoms with Crippen molar-refractivity contribution in [3.05, 3.63) is 41.9 Å². The minimum absolute atomic E-state index is 0.113. The Kier molecular flexibility index (Phi) is 3.42. The van der Waals surface area contributed by atoms with Gasteiger partial charge in [-0.1, -0.05) is 0 Å². The van der Waals surface area contributed by atoms with Gasteiger partial charge in [0.25, 0.3) is 0 Å². The fraction of sp³-hybridized carbons (Fsp3) is 0.182. The SMILES string of the molecule is Cc1cnc(CNc2nccnc2C(=O)O)cn1. The number of aromatic carboxylic acids is 1. The lowest BCUT2D eigenvalue weighted by Gasteiger charge is -2.06. The van der Waals surface area contributed by atoms with Gasteiger partial charge in [0.1, 0.15) is 0 Å². The molecule has 2 heterocycles. The monoisotopic (exact) mass is 245 g/mol. The van der Waals surface area contributed by atoms with Crippen molar-refractivity contribution >= 4 is 11.8 Å². The van der Waals surface area contributed by atoms with Gasteiger partial charge in [-0.25, -0.2) is 14.8 Å². The van der Waals surface area contributed by atoms with Crippen LogP contribution in [0.1, 0.15) is 21.9 Å². The largest absolute Gasteiger partial charge is 0.476 e. The fourth-order valence-corrected chi connectivity index (χ4v) is 1.31. The average molecular weight is 245 g/mol. The molecule has 2 aromatic heterocycles. The van der Waals surface area contributed by atoms with Crippen LogP contribution in [0.5, 0.6) is 0 Å². The zero-order chi connectivity index (χ0) is 13.0. The normalized spacial score (nSPS) is 10.1. The van der Waals surface area contributed by atoms with Gasteiger partial charge < -0.3 is 10.4 Å². The summed E-state index contributed by atoms with van der Waals surface area (Å²) in [5.74, 6) is -0.909.